The number of para-hydroxylation sites is 2. The van der Waals surface area contributed by atoms with Crippen LogP contribution < -0.4 is 15.0 Å². The van der Waals surface area contributed by atoms with Crippen molar-refractivity contribution in [2.75, 3.05) is 23.4 Å². The summed E-state index contributed by atoms with van der Waals surface area (Å²) in [5.74, 6) is -0.0550. The molecule has 2 aromatic heterocycles. The molecule has 0 unspecified atom stereocenters. The number of aromatic nitrogens is 2. The molecule has 1 aliphatic carbocycles. The lowest BCUT2D eigenvalue weighted by Crippen LogP contribution is -2.44. The molecule has 8 heteroatoms. The molecule has 0 bridgehead atoms. The number of amides is 2. The number of thiophene rings is 1. The highest BCUT2D eigenvalue weighted by Crippen LogP contribution is 2.39. The van der Waals surface area contributed by atoms with Gasteiger partial charge in [-0.25, -0.2) is 9.97 Å². The van der Waals surface area contributed by atoms with Gasteiger partial charge in [-0.05, 0) is 37.0 Å². The first kappa shape index (κ1) is 16.2. The Labute approximate surface area is 159 Å². The maximum absolute atomic E-state index is 12.8. The first-order valence-electron chi connectivity index (χ1n) is 8.78. The number of carbonyl (C=O) groups excluding carboxylic acids is 2. The topological polar surface area (TPSA) is 84.4 Å². The van der Waals surface area contributed by atoms with E-state index in [4.69, 9.17) is 4.74 Å². The molecular formula is C19H16N4O3S. The molecule has 2 aliphatic rings. The van der Waals surface area contributed by atoms with Crippen molar-refractivity contribution in [3.8, 4) is 5.88 Å². The van der Waals surface area contributed by atoms with Gasteiger partial charge >= 0.3 is 0 Å². The third-order valence-corrected chi connectivity index (χ3v) is 6.07. The maximum Gasteiger partial charge on any atom is 0.265 e. The largest absolute Gasteiger partial charge is 0.467 e. The molecule has 2 amide bonds. The summed E-state index contributed by atoms with van der Waals surface area (Å²) >= 11 is 1.67. The van der Waals surface area contributed by atoms with Crippen LogP contribution in [0.1, 0.15) is 16.9 Å². The highest BCUT2D eigenvalue weighted by atomic mass is 32.1. The first-order chi connectivity index (χ1) is 13.2. The zero-order valence-corrected chi connectivity index (χ0v) is 15.2. The van der Waals surface area contributed by atoms with Crippen LogP contribution in [0.25, 0.3) is 10.2 Å². The predicted octanol–water partition coefficient (Wildman–Crippen LogP) is 2.54. The third-order valence-electron chi connectivity index (χ3n) is 4.87. The maximum atomic E-state index is 12.8. The average molecular weight is 380 g/mol. The highest BCUT2D eigenvalue weighted by Gasteiger charge is 2.28. The summed E-state index contributed by atoms with van der Waals surface area (Å²) in [5.41, 5.74) is 2.55. The van der Waals surface area contributed by atoms with Gasteiger partial charge in [-0.1, -0.05) is 12.1 Å². The van der Waals surface area contributed by atoms with E-state index in [2.05, 4.69) is 15.3 Å². The molecule has 7 nitrogen and oxygen atoms in total. The molecule has 3 aromatic rings. The second kappa shape index (κ2) is 6.31. The lowest BCUT2D eigenvalue weighted by Gasteiger charge is -2.29. The molecule has 136 valence electrons. The minimum Gasteiger partial charge on any atom is -0.467 e. The summed E-state index contributed by atoms with van der Waals surface area (Å²) in [7, 11) is 0. The second-order valence-corrected chi connectivity index (χ2v) is 7.63. The number of nitrogens with zero attached hydrogens (tertiary/aromatic N) is 3. The minimum atomic E-state index is -0.282. The number of benzene rings is 1. The van der Waals surface area contributed by atoms with Gasteiger partial charge in [-0.3, -0.25) is 14.5 Å². The molecule has 5 rings (SSSR count). The van der Waals surface area contributed by atoms with Gasteiger partial charge in [0, 0.05) is 4.88 Å². The van der Waals surface area contributed by atoms with Crippen LogP contribution in [0, 0.1) is 0 Å². The number of anilines is 2. The van der Waals surface area contributed by atoms with Gasteiger partial charge in [0.05, 0.1) is 16.8 Å². The molecular weight excluding hydrogens is 364 g/mol. The molecule has 1 N–H and O–H groups in total. The molecule has 0 atom stereocenters. The number of aryl methyl sites for hydroxylation is 2. The van der Waals surface area contributed by atoms with Crippen molar-refractivity contribution in [1.29, 1.82) is 0 Å². The smallest absolute Gasteiger partial charge is 0.265 e. The zero-order chi connectivity index (χ0) is 18.4. The van der Waals surface area contributed by atoms with E-state index in [0.717, 1.165) is 29.5 Å². The van der Waals surface area contributed by atoms with Crippen LogP contribution in [0.4, 0.5) is 11.4 Å². The highest BCUT2D eigenvalue weighted by molar-refractivity contribution is 7.18. The fourth-order valence-electron chi connectivity index (χ4n) is 3.67. The van der Waals surface area contributed by atoms with Gasteiger partial charge in [-0.2, -0.15) is 0 Å². The molecule has 0 saturated carbocycles. The monoisotopic (exact) mass is 380 g/mol. The van der Waals surface area contributed by atoms with E-state index >= 15 is 0 Å². The Morgan fingerprint density at radius 1 is 1.26 bits per heavy atom. The molecule has 0 fully saturated rings. The number of hydrogen-bond donors (Lipinski definition) is 1. The van der Waals surface area contributed by atoms with Crippen molar-refractivity contribution in [2.45, 2.75) is 19.3 Å². The zero-order valence-electron chi connectivity index (χ0n) is 14.4. The van der Waals surface area contributed by atoms with Crippen LogP contribution in [0.2, 0.25) is 0 Å². The Hall–Kier alpha value is -3.00. The Bertz CT molecular complexity index is 1080. The van der Waals surface area contributed by atoms with E-state index in [1.807, 2.05) is 12.1 Å². The van der Waals surface area contributed by atoms with E-state index in [-0.39, 0.29) is 25.0 Å². The standard InChI is InChI=1S/C19H16N4O3S/c24-15-8-23(13-6-2-1-5-12(13)22-15)16(25)9-26-18-17-11-4-3-7-14(11)27-19(17)21-10-20-18/h1-2,5-6,10H,3-4,7-9H2,(H,22,24). The van der Waals surface area contributed by atoms with Crippen LogP contribution in [-0.4, -0.2) is 34.9 Å². The van der Waals surface area contributed by atoms with E-state index in [1.165, 1.54) is 21.7 Å². The number of nitrogens with one attached hydrogen (secondary N) is 1. The normalized spacial score (nSPS) is 15.4. The molecule has 3 heterocycles. The van der Waals surface area contributed by atoms with Crippen molar-refractivity contribution in [3.63, 3.8) is 0 Å². The van der Waals surface area contributed by atoms with Gasteiger partial charge in [0.15, 0.2) is 6.61 Å². The van der Waals surface area contributed by atoms with Crippen LogP contribution in [0.5, 0.6) is 5.88 Å². The summed E-state index contributed by atoms with van der Waals surface area (Å²) in [5, 5.41) is 3.70. The van der Waals surface area contributed by atoms with Gasteiger partial charge in [0.1, 0.15) is 17.7 Å². The van der Waals surface area contributed by atoms with Gasteiger partial charge < -0.3 is 10.1 Å². The number of rotatable bonds is 3. The van der Waals surface area contributed by atoms with Gasteiger partial charge in [0.25, 0.3) is 5.91 Å². The second-order valence-electron chi connectivity index (χ2n) is 6.55. The fraction of sp³-hybridized carbons (Fsp3) is 0.263. The quantitative estimate of drug-likeness (QED) is 0.755. The lowest BCUT2D eigenvalue weighted by molar-refractivity contribution is -0.123. The average Bonchev–Trinajstić information content (AvgIpc) is 3.26. The first-order valence-corrected chi connectivity index (χ1v) is 9.59. The Balaban J connectivity index is 1.40. The molecule has 1 aromatic carbocycles. The molecule has 1 aliphatic heterocycles. The Kier molecular flexibility index (Phi) is 3.78. The van der Waals surface area contributed by atoms with Crippen molar-refractivity contribution in [3.05, 3.63) is 41.0 Å². The predicted molar refractivity (Wildman–Crippen MR) is 102 cm³/mol. The van der Waals surface area contributed by atoms with E-state index < -0.39 is 0 Å². The Morgan fingerprint density at radius 2 is 2.15 bits per heavy atom. The van der Waals surface area contributed by atoms with Crippen molar-refractivity contribution in [1.82, 2.24) is 9.97 Å². The van der Waals surface area contributed by atoms with Gasteiger partial charge in [-0.15, -0.1) is 11.3 Å². The molecule has 0 saturated heterocycles. The number of carbonyl (C=O) groups is 2. The summed E-state index contributed by atoms with van der Waals surface area (Å²) in [6.07, 6.45) is 4.66. The van der Waals surface area contributed by atoms with Crippen LogP contribution in [-0.2, 0) is 22.4 Å². The SMILES string of the molecule is O=C1CN(C(=O)COc2ncnc3sc4c(c23)CCC4)c2ccccc2N1. The Morgan fingerprint density at radius 3 is 3.07 bits per heavy atom. The fourth-order valence-corrected chi connectivity index (χ4v) is 4.89. The lowest BCUT2D eigenvalue weighted by atomic mass is 10.2. The summed E-state index contributed by atoms with van der Waals surface area (Å²) in [6, 6.07) is 7.23. The third kappa shape index (κ3) is 2.73. The van der Waals surface area contributed by atoms with E-state index in [9.17, 15) is 9.59 Å². The molecule has 0 radical (unpaired) electrons. The minimum absolute atomic E-state index is 0.0216. The van der Waals surface area contributed by atoms with Crippen molar-refractivity contribution < 1.29 is 14.3 Å². The van der Waals surface area contributed by atoms with Crippen molar-refractivity contribution in [2.24, 2.45) is 0 Å². The van der Waals surface area contributed by atoms with Crippen LogP contribution in [0.3, 0.4) is 0 Å². The van der Waals surface area contributed by atoms with E-state index in [1.54, 1.807) is 23.5 Å². The number of hydrogen-bond acceptors (Lipinski definition) is 6. The van der Waals surface area contributed by atoms with Crippen LogP contribution in [0.15, 0.2) is 30.6 Å². The number of fused-ring (bicyclic) bond motifs is 4. The number of ether oxygens (including phenoxy) is 1. The molecule has 27 heavy (non-hydrogen) atoms. The summed E-state index contributed by atoms with van der Waals surface area (Å²) in [4.78, 5) is 37.0. The van der Waals surface area contributed by atoms with Gasteiger partial charge in [0.2, 0.25) is 11.8 Å². The summed E-state index contributed by atoms with van der Waals surface area (Å²) in [6.45, 7) is -0.204. The van der Waals surface area contributed by atoms with Crippen molar-refractivity contribution >= 4 is 44.7 Å². The molecule has 0 spiro atoms. The van der Waals surface area contributed by atoms with Crippen LogP contribution >= 0.6 is 11.3 Å². The van der Waals surface area contributed by atoms with E-state index in [0.29, 0.717) is 17.3 Å². The summed E-state index contributed by atoms with van der Waals surface area (Å²) < 4.78 is 5.80.